The summed E-state index contributed by atoms with van der Waals surface area (Å²) in [4.78, 5) is 26.4. The van der Waals surface area contributed by atoms with E-state index in [0.717, 1.165) is 18.4 Å². The predicted octanol–water partition coefficient (Wildman–Crippen LogP) is 1.76. The third-order valence-electron chi connectivity index (χ3n) is 4.92. The minimum absolute atomic E-state index is 0.0173. The van der Waals surface area contributed by atoms with Crippen molar-refractivity contribution in [1.29, 1.82) is 0 Å². The summed E-state index contributed by atoms with van der Waals surface area (Å²) in [6.07, 6.45) is 1.70. The Labute approximate surface area is 125 Å². The molecule has 4 nitrogen and oxygen atoms in total. The SMILES string of the molecule is CC1CC2C(=O)N(CC(CN)c3ccccc3)C(=O)C2C1. The van der Waals surface area contributed by atoms with Gasteiger partial charge in [0.15, 0.2) is 0 Å². The van der Waals surface area contributed by atoms with Gasteiger partial charge in [-0.2, -0.15) is 0 Å². The van der Waals surface area contributed by atoms with Crippen LogP contribution >= 0.6 is 0 Å². The van der Waals surface area contributed by atoms with Crippen LogP contribution in [0.25, 0.3) is 0 Å². The summed E-state index contributed by atoms with van der Waals surface area (Å²) in [5.41, 5.74) is 6.95. The number of carbonyl (C=O) groups is 2. The lowest BCUT2D eigenvalue weighted by atomic mass is 9.98. The number of nitrogens with two attached hydrogens (primary N) is 1. The molecule has 2 fully saturated rings. The third kappa shape index (κ3) is 2.48. The monoisotopic (exact) mass is 286 g/mol. The zero-order valence-electron chi connectivity index (χ0n) is 12.4. The van der Waals surface area contributed by atoms with Crippen LogP contribution in [0.15, 0.2) is 30.3 Å². The van der Waals surface area contributed by atoms with Gasteiger partial charge in [-0.25, -0.2) is 0 Å². The molecule has 3 unspecified atom stereocenters. The summed E-state index contributed by atoms with van der Waals surface area (Å²) in [5, 5.41) is 0. The van der Waals surface area contributed by atoms with Crippen molar-refractivity contribution in [2.45, 2.75) is 25.7 Å². The van der Waals surface area contributed by atoms with Crippen molar-refractivity contribution < 1.29 is 9.59 Å². The van der Waals surface area contributed by atoms with Gasteiger partial charge >= 0.3 is 0 Å². The van der Waals surface area contributed by atoms with E-state index in [1.807, 2.05) is 30.3 Å². The fourth-order valence-corrected chi connectivity index (χ4v) is 3.79. The van der Waals surface area contributed by atoms with Crippen LogP contribution in [-0.2, 0) is 9.59 Å². The third-order valence-corrected chi connectivity index (χ3v) is 4.92. The van der Waals surface area contributed by atoms with Gasteiger partial charge in [-0.1, -0.05) is 37.3 Å². The minimum Gasteiger partial charge on any atom is -0.330 e. The molecule has 1 saturated carbocycles. The second-order valence-corrected chi connectivity index (χ2v) is 6.42. The van der Waals surface area contributed by atoms with Crippen molar-refractivity contribution in [1.82, 2.24) is 4.90 Å². The number of hydrogen-bond donors (Lipinski definition) is 1. The van der Waals surface area contributed by atoms with Gasteiger partial charge in [0.05, 0.1) is 11.8 Å². The van der Waals surface area contributed by atoms with E-state index in [2.05, 4.69) is 6.92 Å². The highest BCUT2D eigenvalue weighted by atomic mass is 16.2. The van der Waals surface area contributed by atoms with Gasteiger partial charge in [-0.05, 0) is 24.3 Å². The maximum absolute atomic E-state index is 12.5. The standard InChI is InChI=1S/C17H22N2O2/c1-11-7-14-15(8-11)17(21)19(16(14)20)10-13(9-18)12-5-3-2-4-6-12/h2-6,11,13-15H,7-10,18H2,1H3. The number of likely N-dealkylation sites (tertiary alicyclic amines) is 1. The van der Waals surface area contributed by atoms with E-state index in [0.29, 0.717) is 19.0 Å². The molecule has 2 aliphatic rings. The molecule has 2 amide bonds. The van der Waals surface area contributed by atoms with Crippen molar-refractivity contribution in [3.05, 3.63) is 35.9 Å². The summed E-state index contributed by atoms with van der Waals surface area (Å²) in [5.74, 6) is 0.376. The van der Waals surface area contributed by atoms with Gasteiger partial charge in [-0.15, -0.1) is 0 Å². The molecule has 0 aromatic heterocycles. The first-order chi connectivity index (χ1) is 10.1. The molecule has 3 atom stereocenters. The molecule has 1 heterocycles. The van der Waals surface area contributed by atoms with Crippen LogP contribution in [0, 0.1) is 17.8 Å². The Balaban J connectivity index is 1.76. The highest BCUT2D eigenvalue weighted by molar-refractivity contribution is 6.05. The average Bonchev–Trinajstić information content (AvgIpc) is 2.98. The number of imide groups is 1. The molecule has 0 radical (unpaired) electrons. The molecule has 0 spiro atoms. The first-order valence-corrected chi connectivity index (χ1v) is 7.72. The first-order valence-electron chi connectivity index (χ1n) is 7.72. The van der Waals surface area contributed by atoms with Crippen molar-refractivity contribution >= 4 is 11.8 Å². The largest absolute Gasteiger partial charge is 0.330 e. The molecule has 1 aromatic rings. The lowest BCUT2D eigenvalue weighted by Crippen LogP contribution is -2.37. The van der Waals surface area contributed by atoms with Crippen molar-refractivity contribution in [3.63, 3.8) is 0 Å². The summed E-state index contributed by atoms with van der Waals surface area (Å²) in [7, 11) is 0. The Morgan fingerprint density at radius 3 is 2.24 bits per heavy atom. The van der Waals surface area contributed by atoms with Crippen molar-refractivity contribution in [2.75, 3.05) is 13.1 Å². The molecule has 112 valence electrons. The number of rotatable bonds is 4. The Morgan fingerprint density at radius 2 is 1.71 bits per heavy atom. The second kappa shape index (κ2) is 5.60. The molecule has 0 bridgehead atoms. The van der Waals surface area contributed by atoms with E-state index in [1.54, 1.807) is 0 Å². The minimum atomic E-state index is -0.0818. The normalized spacial score (nSPS) is 29.8. The zero-order valence-corrected chi connectivity index (χ0v) is 12.4. The quantitative estimate of drug-likeness (QED) is 0.858. The van der Waals surface area contributed by atoms with E-state index in [9.17, 15) is 9.59 Å². The lowest BCUT2D eigenvalue weighted by Gasteiger charge is -2.23. The number of carbonyl (C=O) groups excluding carboxylic acids is 2. The predicted molar refractivity (Wildman–Crippen MR) is 80.3 cm³/mol. The maximum atomic E-state index is 12.5. The number of nitrogens with zero attached hydrogens (tertiary/aromatic N) is 1. The highest BCUT2D eigenvalue weighted by Crippen LogP contribution is 2.43. The maximum Gasteiger partial charge on any atom is 0.233 e. The van der Waals surface area contributed by atoms with E-state index in [-0.39, 0.29) is 29.6 Å². The molecular formula is C17H22N2O2. The molecule has 4 heteroatoms. The molecule has 1 aliphatic carbocycles. The Kier molecular flexibility index (Phi) is 3.81. The molecular weight excluding hydrogens is 264 g/mol. The van der Waals surface area contributed by atoms with Gasteiger partial charge < -0.3 is 5.73 Å². The first kappa shape index (κ1) is 14.3. The summed E-state index contributed by atoms with van der Waals surface area (Å²) in [6, 6.07) is 9.88. The van der Waals surface area contributed by atoms with Crippen molar-refractivity contribution in [3.8, 4) is 0 Å². The molecule has 3 rings (SSSR count). The van der Waals surface area contributed by atoms with Crippen LogP contribution < -0.4 is 5.73 Å². The van der Waals surface area contributed by atoms with Crippen LogP contribution in [0.1, 0.15) is 31.2 Å². The smallest absolute Gasteiger partial charge is 0.233 e. The lowest BCUT2D eigenvalue weighted by molar-refractivity contribution is -0.140. The molecule has 1 aliphatic heterocycles. The van der Waals surface area contributed by atoms with Crippen LogP contribution in [0.5, 0.6) is 0 Å². The number of amides is 2. The van der Waals surface area contributed by atoms with Crippen LogP contribution in [0.2, 0.25) is 0 Å². The van der Waals surface area contributed by atoms with E-state index in [1.165, 1.54) is 4.90 Å². The summed E-state index contributed by atoms with van der Waals surface area (Å²) >= 11 is 0. The summed E-state index contributed by atoms with van der Waals surface area (Å²) in [6.45, 7) is 2.97. The Bertz CT molecular complexity index is 519. The molecule has 21 heavy (non-hydrogen) atoms. The Morgan fingerprint density at radius 1 is 1.14 bits per heavy atom. The Hall–Kier alpha value is -1.68. The second-order valence-electron chi connectivity index (χ2n) is 6.42. The molecule has 1 aromatic carbocycles. The van der Waals surface area contributed by atoms with E-state index < -0.39 is 0 Å². The van der Waals surface area contributed by atoms with Crippen LogP contribution in [0.3, 0.4) is 0 Å². The topological polar surface area (TPSA) is 63.4 Å². The van der Waals surface area contributed by atoms with Gasteiger partial charge in [0, 0.05) is 19.0 Å². The van der Waals surface area contributed by atoms with E-state index >= 15 is 0 Å². The van der Waals surface area contributed by atoms with Crippen molar-refractivity contribution in [2.24, 2.45) is 23.5 Å². The molecule has 1 saturated heterocycles. The zero-order chi connectivity index (χ0) is 15.0. The van der Waals surface area contributed by atoms with Gasteiger partial charge in [0.2, 0.25) is 11.8 Å². The molecule has 2 N–H and O–H groups in total. The van der Waals surface area contributed by atoms with Crippen LogP contribution in [-0.4, -0.2) is 29.8 Å². The van der Waals surface area contributed by atoms with Gasteiger partial charge in [0.25, 0.3) is 0 Å². The van der Waals surface area contributed by atoms with E-state index in [4.69, 9.17) is 5.73 Å². The summed E-state index contributed by atoms with van der Waals surface area (Å²) < 4.78 is 0. The fourth-order valence-electron chi connectivity index (χ4n) is 3.79. The highest BCUT2D eigenvalue weighted by Gasteiger charge is 2.51. The number of fused-ring (bicyclic) bond motifs is 1. The van der Waals surface area contributed by atoms with Crippen LogP contribution in [0.4, 0.5) is 0 Å². The van der Waals surface area contributed by atoms with Gasteiger partial charge in [0.1, 0.15) is 0 Å². The average molecular weight is 286 g/mol. The fraction of sp³-hybridized carbons (Fsp3) is 0.529. The van der Waals surface area contributed by atoms with Gasteiger partial charge in [-0.3, -0.25) is 14.5 Å². The number of benzene rings is 1. The number of hydrogen-bond acceptors (Lipinski definition) is 3.